The molecule has 5 heteroatoms. The largest absolute Gasteiger partial charge is 0.497 e. The zero-order chi connectivity index (χ0) is 20.0. The Labute approximate surface area is 169 Å². The molecule has 0 amide bonds. The van der Waals surface area contributed by atoms with E-state index in [2.05, 4.69) is 70.4 Å². The first-order valence-electron chi connectivity index (χ1n) is 9.58. The number of fused-ring (bicyclic) bond motifs is 2. The number of aromatic amines is 1. The Morgan fingerprint density at radius 2 is 1.86 bits per heavy atom. The van der Waals surface area contributed by atoms with Crippen molar-refractivity contribution in [2.24, 2.45) is 7.05 Å². The number of methoxy groups -OCH3 is 1. The number of benzene rings is 2. The van der Waals surface area contributed by atoms with Gasteiger partial charge in [0.15, 0.2) is 0 Å². The van der Waals surface area contributed by atoms with Crippen molar-refractivity contribution in [2.75, 3.05) is 12.4 Å². The zero-order valence-corrected chi connectivity index (χ0v) is 16.7. The van der Waals surface area contributed by atoms with Gasteiger partial charge in [-0.05, 0) is 48.9 Å². The number of hydrogen-bond donors (Lipinski definition) is 2. The topological polar surface area (TPSA) is 54.9 Å². The molecular formula is C24H22N4O. The molecule has 0 aliphatic heterocycles. The van der Waals surface area contributed by atoms with Crippen LogP contribution in [0.5, 0.6) is 5.75 Å². The molecule has 0 spiro atoms. The van der Waals surface area contributed by atoms with E-state index < -0.39 is 0 Å². The molecule has 0 radical (unpaired) electrons. The number of para-hydroxylation sites is 1. The number of hydrogen-bond acceptors (Lipinski definition) is 3. The van der Waals surface area contributed by atoms with Crippen molar-refractivity contribution in [3.8, 4) is 17.0 Å². The standard InChI is InChI=1S/C24H22N4O/c1-15-6-4-5-7-20(15)26-21-10-11-25-24-18(21)13-22(27-24)19-14-28(2)23-9-8-16(29-3)12-17(19)23/h4-14H,1-3H3,(H2,25,26,27). The van der Waals surface area contributed by atoms with Crippen LogP contribution in [0, 0.1) is 6.92 Å². The molecule has 0 fully saturated rings. The molecule has 3 aromatic heterocycles. The lowest BCUT2D eigenvalue weighted by atomic mass is 10.1. The fourth-order valence-electron chi connectivity index (χ4n) is 3.85. The molecule has 0 unspecified atom stereocenters. The summed E-state index contributed by atoms with van der Waals surface area (Å²) in [5, 5.41) is 5.76. The molecule has 0 bridgehead atoms. The highest BCUT2D eigenvalue weighted by Crippen LogP contribution is 2.35. The number of nitrogens with zero attached hydrogens (tertiary/aromatic N) is 2. The van der Waals surface area contributed by atoms with Crippen LogP contribution in [0.1, 0.15) is 5.56 Å². The summed E-state index contributed by atoms with van der Waals surface area (Å²) < 4.78 is 7.57. The highest BCUT2D eigenvalue weighted by Gasteiger charge is 2.14. The molecule has 0 saturated carbocycles. The second kappa shape index (κ2) is 6.71. The lowest BCUT2D eigenvalue weighted by Gasteiger charge is -2.09. The molecule has 0 atom stereocenters. The Bertz CT molecular complexity index is 1350. The maximum atomic E-state index is 5.44. The SMILES string of the molecule is COc1ccc2c(c1)c(-c1cc3c(Nc4ccccc4C)ccnc3[nH]1)cn2C. The van der Waals surface area contributed by atoms with E-state index in [9.17, 15) is 0 Å². The van der Waals surface area contributed by atoms with E-state index in [0.717, 1.165) is 50.3 Å². The summed E-state index contributed by atoms with van der Waals surface area (Å²) in [6.45, 7) is 2.10. The van der Waals surface area contributed by atoms with Crippen LogP contribution in [0.25, 0.3) is 33.2 Å². The number of H-pyrrole nitrogens is 1. The minimum Gasteiger partial charge on any atom is -0.497 e. The van der Waals surface area contributed by atoms with Gasteiger partial charge in [-0.15, -0.1) is 0 Å². The van der Waals surface area contributed by atoms with E-state index in [1.807, 2.05) is 30.5 Å². The smallest absolute Gasteiger partial charge is 0.139 e. The van der Waals surface area contributed by atoms with E-state index in [1.165, 1.54) is 5.56 Å². The first-order chi connectivity index (χ1) is 14.1. The third-order valence-electron chi connectivity index (χ3n) is 5.43. The summed E-state index contributed by atoms with van der Waals surface area (Å²) in [4.78, 5) is 8.04. The van der Waals surface area contributed by atoms with Crippen molar-refractivity contribution in [3.05, 3.63) is 72.6 Å². The van der Waals surface area contributed by atoms with Crippen molar-refractivity contribution in [1.82, 2.24) is 14.5 Å². The molecule has 5 nitrogen and oxygen atoms in total. The van der Waals surface area contributed by atoms with Gasteiger partial charge >= 0.3 is 0 Å². The summed E-state index contributed by atoms with van der Waals surface area (Å²) in [7, 11) is 3.75. The van der Waals surface area contributed by atoms with E-state index in [-0.39, 0.29) is 0 Å². The fraction of sp³-hybridized carbons (Fsp3) is 0.125. The monoisotopic (exact) mass is 382 g/mol. The first kappa shape index (κ1) is 17.4. The number of ether oxygens (including phenoxy) is 1. The maximum absolute atomic E-state index is 5.44. The molecular weight excluding hydrogens is 360 g/mol. The number of pyridine rings is 1. The Morgan fingerprint density at radius 1 is 1.00 bits per heavy atom. The maximum Gasteiger partial charge on any atom is 0.139 e. The number of aromatic nitrogens is 3. The number of rotatable bonds is 4. The third-order valence-corrected chi connectivity index (χ3v) is 5.43. The average Bonchev–Trinajstić information content (AvgIpc) is 3.31. The Balaban J connectivity index is 1.65. The van der Waals surface area contributed by atoms with Crippen molar-refractivity contribution in [3.63, 3.8) is 0 Å². The highest BCUT2D eigenvalue weighted by atomic mass is 16.5. The molecule has 0 saturated heterocycles. The summed E-state index contributed by atoms with van der Waals surface area (Å²) in [6, 6.07) is 18.6. The van der Waals surface area contributed by atoms with Gasteiger partial charge in [-0.2, -0.15) is 0 Å². The molecule has 29 heavy (non-hydrogen) atoms. The molecule has 3 heterocycles. The van der Waals surface area contributed by atoms with Crippen molar-refractivity contribution < 1.29 is 4.74 Å². The second-order valence-electron chi connectivity index (χ2n) is 7.28. The predicted octanol–water partition coefficient (Wildman–Crippen LogP) is 5.78. The average molecular weight is 382 g/mol. The quantitative estimate of drug-likeness (QED) is 0.414. The number of anilines is 2. The molecule has 2 N–H and O–H groups in total. The van der Waals surface area contributed by atoms with Gasteiger partial charge in [0.25, 0.3) is 0 Å². The lowest BCUT2D eigenvalue weighted by Crippen LogP contribution is -1.93. The molecule has 5 rings (SSSR count). The van der Waals surface area contributed by atoms with E-state index >= 15 is 0 Å². The van der Waals surface area contributed by atoms with Gasteiger partial charge in [-0.1, -0.05) is 18.2 Å². The van der Waals surface area contributed by atoms with Gasteiger partial charge < -0.3 is 19.6 Å². The number of nitrogens with one attached hydrogen (secondary N) is 2. The minimum atomic E-state index is 0.848. The van der Waals surface area contributed by atoms with E-state index in [0.29, 0.717) is 0 Å². The summed E-state index contributed by atoms with van der Waals surface area (Å²) >= 11 is 0. The Hall–Kier alpha value is -3.73. The summed E-state index contributed by atoms with van der Waals surface area (Å²) in [6.07, 6.45) is 3.97. The van der Waals surface area contributed by atoms with Crippen LogP contribution in [0.2, 0.25) is 0 Å². The molecule has 0 aliphatic rings. The van der Waals surface area contributed by atoms with Crippen LogP contribution in [0.15, 0.2) is 67.0 Å². The Morgan fingerprint density at radius 3 is 2.69 bits per heavy atom. The van der Waals surface area contributed by atoms with Crippen LogP contribution in [-0.4, -0.2) is 21.6 Å². The predicted molar refractivity (Wildman–Crippen MR) is 119 cm³/mol. The first-order valence-corrected chi connectivity index (χ1v) is 9.58. The van der Waals surface area contributed by atoms with Gasteiger partial charge in [0.05, 0.1) is 12.8 Å². The summed E-state index contributed by atoms with van der Waals surface area (Å²) in [5.41, 5.74) is 7.51. The zero-order valence-electron chi connectivity index (χ0n) is 16.7. The van der Waals surface area contributed by atoms with Crippen LogP contribution in [0.4, 0.5) is 11.4 Å². The van der Waals surface area contributed by atoms with Crippen LogP contribution < -0.4 is 10.1 Å². The number of aryl methyl sites for hydroxylation is 2. The minimum absolute atomic E-state index is 0.848. The van der Waals surface area contributed by atoms with Crippen molar-refractivity contribution >= 4 is 33.3 Å². The molecule has 2 aromatic carbocycles. The van der Waals surface area contributed by atoms with Gasteiger partial charge in [-0.25, -0.2) is 4.98 Å². The molecule has 144 valence electrons. The highest BCUT2D eigenvalue weighted by molar-refractivity contribution is 6.01. The van der Waals surface area contributed by atoms with Gasteiger partial charge in [0, 0.05) is 52.7 Å². The Kier molecular flexibility index (Phi) is 4.02. The fourth-order valence-corrected chi connectivity index (χ4v) is 3.85. The molecule has 0 aliphatic carbocycles. The van der Waals surface area contributed by atoms with Crippen LogP contribution >= 0.6 is 0 Å². The van der Waals surface area contributed by atoms with Crippen molar-refractivity contribution in [1.29, 1.82) is 0 Å². The van der Waals surface area contributed by atoms with Gasteiger partial charge in [-0.3, -0.25) is 0 Å². The third kappa shape index (κ3) is 2.91. The van der Waals surface area contributed by atoms with Crippen molar-refractivity contribution in [2.45, 2.75) is 6.92 Å². The van der Waals surface area contributed by atoms with Gasteiger partial charge in [0.2, 0.25) is 0 Å². The molecule has 5 aromatic rings. The van der Waals surface area contributed by atoms with E-state index in [1.54, 1.807) is 7.11 Å². The second-order valence-corrected chi connectivity index (χ2v) is 7.28. The van der Waals surface area contributed by atoms with Gasteiger partial charge in [0.1, 0.15) is 11.4 Å². The van der Waals surface area contributed by atoms with Crippen LogP contribution in [-0.2, 0) is 7.05 Å². The van der Waals surface area contributed by atoms with E-state index in [4.69, 9.17) is 4.74 Å². The van der Waals surface area contributed by atoms with Crippen LogP contribution in [0.3, 0.4) is 0 Å². The normalized spacial score (nSPS) is 11.3. The summed E-state index contributed by atoms with van der Waals surface area (Å²) in [5.74, 6) is 0.848. The lowest BCUT2D eigenvalue weighted by molar-refractivity contribution is 0.415.